The lowest BCUT2D eigenvalue weighted by Crippen LogP contribution is -2.36. The molecule has 0 saturated carbocycles. The van der Waals surface area contributed by atoms with Crippen LogP contribution in [0.25, 0.3) is 0 Å². The number of benzene rings is 1. The minimum atomic E-state index is 0.105. The Bertz CT molecular complexity index is 350. The zero-order valence-electron chi connectivity index (χ0n) is 11.4. The van der Waals surface area contributed by atoms with E-state index in [1.165, 1.54) is 0 Å². The third kappa shape index (κ3) is 3.93. The average Bonchev–Trinajstić information content (AvgIpc) is 2.29. The molecule has 0 aliphatic carbocycles. The Morgan fingerprint density at radius 3 is 2.53 bits per heavy atom. The Labute approximate surface area is 105 Å². The summed E-state index contributed by atoms with van der Waals surface area (Å²) in [5.74, 6) is 0.935. The van der Waals surface area contributed by atoms with Gasteiger partial charge in [-0.3, -0.25) is 0 Å². The molecule has 0 bridgehead atoms. The molecule has 3 nitrogen and oxygen atoms in total. The Balaban J connectivity index is 2.84. The summed E-state index contributed by atoms with van der Waals surface area (Å²) in [6.07, 6.45) is 0. The van der Waals surface area contributed by atoms with Crippen LogP contribution in [0.4, 0.5) is 5.69 Å². The van der Waals surface area contributed by atoms with E-state index in [0.717, 1.165) is 18.0 Å². The van der Waals surface area contributed by atoms with Crippen LogP contribution in [0.2, 0.25) is 0 Å². The Kier molecular flexibility index (Phi) is 4.82. The van der Waals surface area contributed by atoms with Crippen molar-refractivity contribution in [2.75, 3.05) is 31.6 Å². The normalized spacial score (nSPS) is 11.4. The molecule has 2 N–H and O–H groups in total. The maximum atomic E-state index is 5.77. The smallest absolute Gasteiger partial charge is 0.142 e. The highest BCUT2D eigenvalue weighted by molar-refractivity contribution is 5.58. The van der Waals surface area contributed by atoms with Crippen LogP contribution in [0, 0.1) is 5.41 Å². The first-order chi connectivity index (χ1) is 8.00. The lowest BCUT2D eigenvalue weighted by atomic mass is 9.93. The predicted octanol–water partition coefficient (Wildman–Crippen LogP) is 2.51. The van der Waals surface area contributed by atoms with E-state index in [4.69, 9.17) is 10.5 Å². The van der Waals surface area contributed by atoms with Crippen LogP contribution in [0.3, 0.4) is 0 Å². The maximum absolute atomic E-state index is 5.77. The van der Waals surface area contributed by atoms with Gasteiger partial charge >= 0.3 is 0 Å². The summed E-state index contributed by atoms with van der Waals surface area (Å²) >= 11 is 0. The first kappa shape index (κ1) is 13.8. The number of hydrogen-bond acceptors (Lipinski definition) is 3. The van der Waals surface area contributed by atoms with Crippen LogP contribution in [0.15, 0.2) is 24.3 Å². The number of nitrogens with zero attached hydrogens (tertiary/aromatic N) is 1. The Morgan fingerprint density at radius 2 is 1.94 bits per heavy atom. The molecule has 0 spiro atoms. The Hall–Kier alpha value is -1.22. The fourth-order valence-electron chi connectivity index (χ4n) is 1.84. The van der Waals surface area contributed by atoms with E-state index in [0.29, 0.717) is 13.2 Å². The first-order valence-electron chi connectivity index (χ1n) is 6.13. The van der Waals surface area contributed by atoms with Crippen molar-refractivity contribution in [3.8, 4) is 5.75 Å². The minimum Gasteiger partial charge on any atom is -0.492 e. The summed E-state index contributed by atoms with van der Waals surface area (Å²) in [5.41, 5.74) is 7.00. The van der Waals surface area contributed by atoms with Crippen molar-refractivity contribution >= 4 is 5.69 Å². The fourth-order valence-corrected chi connectivity index (χ4v) is 1.84. The van der Waals surface area contributed by atoms with Crippen LogP contribution < -0.4 is 15.4 Å². The highest BCUT2D eigenvalue weighted by Gasteiger charge is 2.19. The molecule has 96 valence electrons. The number of hydrogen-bond donors (Lipinski definition) is 1. The summed E-state index contributed by atoms with van der Waals surface area (Å²) in [6, 6.07) is 8.11. The third-order valence-electron chi connectivity index (χ3n) is 2.79. The van der Waals surface area contributed by atoms with Gasteiger partial charge in [-0.1, -0.05) is 26.0 Å². The van der Waals surface area contributed by atoms with Crippen molar-refractivity contribution in [3.05, 3.63) is 24.3 Å². The van der Waals surface area contributed by atoms with Crippen LogP contribution in [-0.4, -0.2) is 26.7 Å². The zero-order chi connectivity index (χ0) is 12.9. The van der Waals surface area contributed by atoms with Crippen molar-refractivity contribution in [1.82, 2.24) is 0 Å². The number of anilines is 1. The lowest BCUT2D eigenvalue weighted by Gasteiger charge is -2.31. The summed E-state index contributed by atoms with van der Waals surface area (Å²) < 4.78 is 5.63. The molecule has 0 heterocycles. The number of nitrogens with two attached hydrogens (primary N) is 1. The molecule has 1 aromatic carbocycles. The average molecular weight is 236 g/mol. The van der Waals surface area contributed by atoms with E-state index >= 15 is 0 Å². The van der Waals surface area contributed by atoms with Gasteiger partial charge in [-0.25, -0.2) is 0 Å². The minimum absolute atomic E-state index is 0.105. The van der Waals surface area contributed by atoms with Crippen LogP contribution in [-0.2, 0) is 0 Å². The largest absolute Gasteiger partial charge is 0.492 e. The second-order valence-corrected chi connectivity index (χ2v) is 5.13. The molecule has 3 heteroatoms. The van der Waals surface area contributed by atoms with E-state index in [1.807, 2.05) is 25.1 Å². The number of ether oxygens (including phenoxy) is 1. The van der Waals surface area contributed by atoms with Gasteiger partial charge in [0.05, 0.1) is 12.3 Å². The molecule has 0 aromatic heterocycles. The summed E-state index contributed by atoms with van der Waals surface area (Å²) in [6.45, 7) is 8.62. The first-order valence-corrected chi connectivity index (χ1v) is 6.13. The van der Waals surface area contributed by atoms with Crippen molar-refractivity contribution in [3.63, 3.8) is 0 Å². The second kappa shape index (κ2) is 5.92. The van der Waals surface area contributed by atoms with E-state index < -0.39 is 0 Å². The molecule has 0 radical (unpaired) electrons. The molecule has 0 aliphatic heterocycles. The van der Waals surface area contributed by atoms with Gasteiger partial charge in [-0.2, -0.15) is 0 Å². The quantitative estimate of drug-likeness (QED) is 0.824. The van der Waals surface area contributed by atoms with Gasteiger partial charge in [-0.15, -0.1) is 0 Å². The fraction of sp³-hybridized carbons (Fsp3) is 0.571. The van der Waals surface area contributed by atoms with Crippen LogP contribution in [0.5, 0.6) is 5.75 Å². The number of para-hydroxylation sites is 2. The lowest BCUT2D eigenvalue weighted by molar-refractivity contribution is 0.337. The molecular formula is C14H24N2O. The third-order valence-corrected chi connectivity index (χ3v) is 2.79. The second-order valence-electron chi connectivity index (χ2n) is 5.13. The SMILES string of the molecule is CCOc1ccccc1N(C)CC(C)(C)CN. The summed E-state index contributed by atoms with van der Waals surface area (Å²) in [7, 11) is 2.08. The predicted molar refractivity (Wildman–Crippen MR) is 73.7 cm³/mol. The van der Waals surface area contributed by atoms with Gasteiger partial charge in [-0.05, 0) is 31.0 Å². The van der Waals surface area contributed by atoms with Gasteiger partial charge in [0.2, 0.25) is 0 Å². The molecule has 0 unspecified atom stereocenters. The molecule has 0 amide bonds. The number of rotatable bonds is 6. The van der Waals surface area contributed by atoms with Crippen molar-refractivity contribution in [2.24, 2.45) is 11.1 Å². The molecule has 0 saturated heterocycles. The van der Waals surface area contributed by atoms with Gasteiger partial charge < -0.3 is 15.4 Å². The van der Waals surface area contributed by atoms with Gasteiger partial charge in [0.15, 0.2) is 0 Å². The molecular weight excluding hydrogens is 212 g/mol. The van der Waals surface area contributed by atoms with Crippen LogP contribution in [0.1, 0.15) is 20.8 Å². The topological polar surface area (TPSA) is 38.5 Å². The molecule has 1 aromatic rings. The Morgan fingerprint density at radius 1 is 1.29 bits per heavy atom. The van der Waals surface area contributed by atoms with Gasteiger partial charge in [0.1, 0.15) is 5.75 Å². The monoisotopic (exact) mass is 236 g/mol. The standard InChI is InChI=1S/C14H24N2O/c1-5-17-13-9-7-6-8-12(13)16(4)11-14(2,3)10-15/h6-9H,5,10-11,15H2,1-4H3. The van der Waals surface area contributed by atoms with Gasteiger partial charge in [0.25, 0.3) is 0 Å². The summed E-state index contributed by atoms with van der Waals surface area (Å²) in [4.78, 5) is 2.21. The van der Waals surface area contributed by atoms with E-state index in [9.17, 15) is 0 Å². The van der Waals surface area contributed by atoms with Gasteiger partial charge in [0, 0.05) is 13.6 Å². The highest BCUT2D eigenvalue weighted by atomic mass is 16.5. The van der Waals surface area contributed by atoms with Crippen LogP contribution >= 0.6 is 0 Å². The van der Waals surface area contributed by atoms with Crippen molar-refractivity contribution in [2.45, 2.75) is 20.8 Å². The molecule has 0 fully saturated rings. The highest BCUT2D eigenvalue weighted by Crippen LogP contribution is 2.29. The van der Waals surface area contributed by atoms with Crippen molar-refractivity contribution in [1.29, 1.82) is 0 Å². The molecule has 17 heavy (non-hydrogen) atoms. The molecule has 0 aliphatic rings. The molecule has 1 rings (SSSR count). The zero-order valence-corrected chi connectivity index (χ0v) is 11.4. The molecule has 0 atom stereocenters. The van der Waals surface area contributed by atoms with Crippen molar-refractivity contribution < 1.29 is 4.74 Å². The summed E-state index contributed by atoms with van der Waals surface area (Å²) in [5, 5.41) is 0. The maximum Gasteiger partial charge on any atom is 0.142 e. The van der Waals surface area contributed by atoms with E-state index in [2.05, 4.69) is 31.9 Å². The van der Waals surface area contributed by atoms with E-state index in [1.54, 1.807) is 0 Å². The van der Waals surface area contributed by atoms with E-state index in [-0.39, 0.29) is 5.41 Å².